The van der Waals surface area contributed by atoms with Gasteiger partial charge in [0.25, 0.3) is 0 Å². The van der Waals surface area contributed by atoms with Crippen molar-refractivity contribution in [2.24, 2.45) is 0 Å². The van der Waals surface area contributed by atoms with Crippen molar-refractivity contribution >= 4 is 12.4 Å². The minimum absolute atomic E-state index is 0. The minimum atomic E-state index is 0. The van der Waals surface area contributed by atoms with Gasteiger partial charge in [0.2, 0.25) is 0 Å². The van der Waals surface area contributed by atoms with Crippen LogP contribution < -0.4 is 5.32 Å². The Hall–Kier alpha value is -0.540. The molecule has 1 N–H and O–H groups in total. The molecule has 1 heterocycles. The topological polar surface area (TPSA) is 29.9 Å². The summed E-state index contributed by atoms with van der Waals surface area (Å²) in [5.41, 5.74) is 2.47. The molecule has 0 atom stereocenters. The Morgan fingerprint density at radius 2 is 2.12 bits per heavy atom. The van der Waals surface area contributed by atoms with Gasteiger partial charge in [0.05, 0.1) is 5.69 Å². The molecule has 0 spiro atoms. The second-order valence-corrected chi connectivity index (χ2v) is 4.34. The predicted octanol–water partition coefficient (Wildman–Crippen LogP) is 3.08. The zero-order valence-corrected chi connectivity index (χ0v) is 11.6. The number of hydrogen-bond donors (Lipinski definition) is 1. The van der Waals surface area contributed by atoms with E-state index >= 15 is 0 Å². The van der Waals surface area contributed by atoms with Crippen LogP contribution in [0.5, 0.6) is 0 Å². The molecule has 1 rings (SSSR count). The lowest BCUT2D eigenvalue weighted by molar-refractivity contribution is 0.528. The van der Waals surface area contributed by atoms with E-state index in [2.05, 4.69) is 44.3 Å². The van der Waals surface area contributed by atoms with Crippen molar-refractivity contribution in [1.29, 1.82) is 0 Å². The van der Waals surface area contributed by atoms with Gasteiger partial charge in [-0.1, -0.05) is 13.3 Å². The standard InChI is InChI=1S/C12H23N3.ClH/c1-5-6-7-13-8-12-9-15(10(2)3)14-11(12)4;/h9-10,13H,5-8H2,1-4H3;1H. The molecule has 16 heavy (non-hydrogen) atoms. The monoisotopic (exact) mass is 245 g/mol. The lowest BCUT2D eigenvalue weighted by Gasteiger charge is -2.03. The molecule has 94 valence electrons. The Labute approximate surface area is 105 Å². The van der Waals surface area contributed by atoms with Gasteiger partial charge >= 0.3 is 0 Å². The second kappa shape index (κ2) is 7.69. The van der Waals surface area contributed by atoms with E-state index in [9.17, 15) is 0 Å². The van der Waals surface area contributed by atoms with Gasteiger partial charge in [0.15, 0.2) is 0 Å². The van der Waals surface area contributed by atoms with Crippen LogP contribution in [0.25, 0.3) is 0 Å². The summed E-state index contributed by atoms with van der Waals surface area (Å²) < 4.78 is 2.03. The van der Waals surface area contributed by atoms with E-state index in [1.807, 2.05) is 4.68 Å². The molecule has 0 radical (unpaired) electrons. The molecule has 0 aliphatic carbocycles. The maximum absolute atomic E-state index is 4.49. The Bertz CT molecular complexity index is 294. The number of aryl methyl sites for hydroxylation is 1. The van der Waals surface area contributed by atoms with Crippen molar-refractivity contribution in [2.45, 2.75) is 53.1 Å². The summed E-state index contributed by atoms with van der Waals surface area (Å²) in [5.74, 6) is 0. The molecule has 0 bridgehead atoms. The lowest BCUT2D eigenvalue weighted by atomic mass is 10.2. The van der Waals surface area contributed by atoms with Crippen LogP contribution in [-0.4, -0.2) is 16.3 Å². The summed E-state index contributed by atoms with van der Waals surface area (Å²) >= 11 is 0. The molecule has 4 heteroatoms. The highest BCUT2D eigenvalue weighted by atomic mass is 35.5. The van der Waals surface area contributed by atoms with Crippen LogP contribution in [0.4, 0.5) is 0 Å². The van der Waals surface area contributed by atoms with Gasteiger partial charge in [0.1, 0.15) is 0 Å². The average Bonchev–Trinajstić information content (AvgIpc) is 2.55. The summed E-state index contributed by atoms with van der Waals surface area (Å²) in [6.07, 6.45) is 4.65. The fraction of sp³-hybridized carbons (Fsp3) is 0.750. The Balaban J connectivity index is 0.00000225. The molecule has 0 fully saturated rings. The fourth-order valence-electron chi connectivity index (χ4n) is 1.48. The van der Waals surface area contributed by atoms with Crippen LogP contribution in [0.2, 0.25) is 0 Å². The molecule has 0 aliphatic rings. The van der Waals surface area contributed by atoms with Crippen LogP contribution in [0, 0.1) is 6.92 Å². The highest BCUT2D eigenvalue weighted by Crippen LogP contribution is 2.10. The van der Waals surface area contributed by atoms with Gasteiger partial charge in [-0.15, -0.1) is 12.4 Å². The number of rotatable bonds is 6. The number of halogens is 1. The number of nitrogens with zero attached hydrogens (tertiary/aromatic N) is 2. The smallest absolute Gasteiger partial charge is 0.0638 e. The number of aromatic nitrogens is 2. The van der Waals surface area contributed by atoms with Gasteiger partial charge in [-0.25, -0.2) is 0 Å². The zero-order valence-electron chi connectivity index (χ0n) is 10.8. The maximum atomic E-state index is 4.49. The molecule has 3 nitrogen and oxygen atoms in total. The van der Waals surface area contributed by atoms with E-state index in [0.717, 1.165) is 18.8 Å². The van der Waals surface area contributed by atoms with Gasteiger partial charge in [-0.2, -0.15) is 5.10 Å². The summed E-state index contributed by atoms with van der Waals surface area (Å²) in [4.78, 5) is 0. The molecule has 0 saturated carbocycles. The third-order valence-electron chi connectivity index (χ3n) is 2.57. The Morgan fingerprint density at radius 1 is 1.44 bits per heavy atom. The van der Waals surface area contributed by atoms with Crippen LogP contribution in [-0.2, 0) is 6.54 Å². The van der Waals surface area contributed by atoms with Crippen LogP contribution in [0.3, 0.4) is 0 Å². The van der Waals surface area contributed by atoms with Crippen LogP contribution in [0.15, 0.2) is 6.20 Å². The van der Waals surface area contributed by atoms with E-state index in [1.165, 1.54) is 18.4 Å². The molecule has 0 unspecified atom stereocenters. The first-order valence-corrected chi connectivity index (χ1v) is 5.90. The van der Waals surface area contributed by atoms with Gasteiger partial charge < -0.3 is 5.32 Å². The zero-order chi connectivity index (χ0) is 11.3. The second-order valence-electron chi connectivity index (χ2n) is 4.34. The maximum Gasteiger partial charge on any atom is 0.0638 e. The lowest BCUT2D eigenvalue weighted by Crippen LogP contribution is -2.14. The SMILES string of the molecule is CCCCNCc1cn(C(C)C)nc1C.Cl. The van der Waals surface area contributed by atoms with Crippen molar-refractivity contribution in [2.75, 3.05) is 6.54 Å². The number of hydrogen-bond acceptors (Lipinski definition) is 2. The first kappa shape index (κ1) is 15.5. The molecule has 0 saturated heterocycles. The van der Waals surface area contributed by atoms with Crippen molar-refractivity contribution in [3.63, 3.8) is 0 Å². The quantitative estimate of drug-likeness (QED) is 0.781. The highest BCUT2D eigenvalue weighted by molar-refractivity contribution is 5.85. The number of unbranched alkanes of at least 4 members (excludes halogenated alkanes) is 1. The van der Waals surface area contributed by atoms with Crippen molar-refractivity contribution in [3.05, 3.63) is 17.5 Å². The summed E-state index contributed by atoms with van der Waals surface area (Å²) in [7, 11) is 0. The normalized spacial score (nSPS) is 10.6. The average molecular weight is 246 g/mol. The van der Waals surface area contributed by atoms with Gasteiger partial charge in [-0.3, -0.25) is 4.68 Å². The van der Waals surface area contributed by atoms with Crippen molar-refractivity contribution in [3.8, 4) is 0 Å². The predicted molar refractivity (Wildman–Crippen MR) is 71.2 cm³/mol. The molecule has 0 aromatic carbocycles. The molecular weight excluding hydrogens is 222 g/mol. The van der Waals surface area contributed by atoms with E-state index < -0.39 is 0 Å². The fourth-order valence-corrected chi connectivity index (χ4v) is 1.48. The van der Waals surface area contributed by atoms with Gasteiger partial charge in [0, 0.05) is 24.3 Å². The van der Waals surface area contributed by atoms with E-state index in [1.54, 1.807) is 0 Å². The molecule has 0 amide bonds. The van der Waals surface area contributed by atoms with E-state index in [0.29, 0.717) is 6.04 Å². The van der Waals surface area contributed by atoms with Crippen LogP contribution >= 0.6 is 12.4 Å². The third-order valence-corrected chi connectivity index (χ3v) is 2.57. The third kappa shape index (κ3) is 4.54. The first-order chi connectivity index (χ1) is 7.15. The molecule has 1 aromatic rings. The minimum Gasteiger partial charge on any atom is -0.313 e. The van der Waals surface area contributed by atoms with Crippen molar-refractivity contribution < 1.29 is 0 Å². The highest BCUT2D eigenvalue weighted by Gasteiger charge is 2.05. The van der Waals surface area contributed by atoms with Crippen molar-refractivity contribution in [1.82, 2.24) is 15.1 Å². The largest absolute Gasteiger partial charge is 0.313 e. The summed E-state index contributed by atoms with van der Waals surface area (Å²) in [5, 5.41) is 7.93. The number of nitrogens with one attached hydrogen (secondary N) is 1. The molecular formula is C12H24ClN3. The molecule has 0 aliphatic heterocycles. The van der Waals surface area contributed by atoms with Gasteiger partial charge in [-0.05, 0) is 33.7 Å². The first-order valence-electron chi connectivity index (χ1n) is 5.90. The Kier molecular flexibility index (Phi) is 7.43. The summed E-state index contributed by atoms with van der Waals surface area (Å²) in [6.45, 7) is 10.6. The Morgan fingerprint density at radius 3 is 2.62 bits per heavy atom. The van der Waals surface area contributed by atoms with E-state index in [-0.39, 0.29) is 12.4 Å². The van der Waals surface area contributed by atoms with E-state index in [4.69, 9.17) is 0 Å². The summed E-state index contributed by atoms with van der Waals surface area (Å²) in [6, 6.07) is 0.452. The molecule has 1 aromatic heterocycles. The van der Waals surface area contributed by atoms with Crippen LogP contribution in [0.1, 0.15) is 50.9 Å².